The van der Waals surface area contributed by atoms with Crippen molar-refractivity contribution >= 4 is 18.1 Å². The highest BCUT2D eigenvalue weighted by molar-refractivity contribution is 5.82. The van der Waals surface area contributed by atoms with Crippen molar-refractivity contribution in [2.24, 2.45) is 0 Å². The molecule has 0 radical (unpaired) electrons. The summed E-state index contributed by atoms with van der Waals surface area (Å²) < 4.78 is 43.4. The summed E-state index contributed by atoms with van der Waals surface area (Å²) in [5.74, 6) is -0.813. The molecule has 23 heteroatoms. The van der Waals surface area contributed by atoms with E-state index in [-0.39, 0.29) is 19.8 Å². The Labute approximate surface area is 332 Å². The van der Waals surface area contributed by atoms with Crippen LogP contribution in [0.15, 0.2) is 30.3 Å². The first-order valence-electron chi connectivity index (χ1n) is 18.5. The standard InChI is InChI=1S/C35H55N3O20/c1-35(2,3)58-34(50)37-11-20(40)38-21-17(12-39)55-31(27(46)24(21)43)52-15-19-23(42)26(45)29(48)32(57-19)53-14-18-22(41)25(44)28(47)30(56-18)51-10-9-36-33(49)54-13-16-7-5-4-6-8-16/h4-8,17-19,21-32,39,41-48H,9-15H2,1-3H3,(H,36,49)(H,37,50)(H,38,40)/t17-,18-,19-,21-,22-,23-,24+,25+,26+,27-,28+,29+,30+,31-,32+/m1/s1. The van der Waals surface area contributed by atoms with Crippen molar-refractivity contribution in [3.05, 3.63) is 35.9 Å². The summed E-state index contributed by atoms with van der Waals surface area (Å²) in [5, 5.41) is 102. The van der Waals surface area contributed by atoms with Gasteiger partial charge in [-0.2, -0.15) is 0 Å². The van der Waals surface area contributed by atoms with Crippen LogP contribution in [0.1, 0.15) is 26.3 Å². The van der Waals surface area contributed by atoms with Gasteiger partial charge in [0.15, 0.2) is 18.9 Å². The molecule has 1 aromatic carbocycles. The highest BCUT2D eigenvalue weighted by Crippen LogP contribution is 2.28. The van der Waals surface area contributed by atoms with Crippen LogP contribution in [-0.2, 0) is 49.3 Å². The second kappa shape index (κ2) is 21.8. The minimum absolute atomic E-state index is 0.0306. The van der Waals surface area contributed by atoms with E-state index >= 15 is 0 Å². The zero-order valence-electron chi connectivity index (χ0n) is 32.0. The average molecular weight is 838 g/mol. The van der Waals surface area contributed by atoms with Crippen molar-refractivity contribution in [1.82, 2.24) is 16.0 Å². The average Bonchev–Trinajstić information content (AvgIpc) is 3.18. The third kappa shape index (κ3) is 13.3. The molecular weight excluding hydrogens is 782 g/mol. The first kappa shape index (κ1) is 47.3. The Kier molecular flexibility index (Phi) is 17.7. The van der Waals surface area contributed by atoms with Crippen molar-refractivity contribution in [2.45, 2.75) is 125 Å². The molecule has 0 aliphatic carbocycles. The van der Waals surface area contributed by atoms with Gasteiger partial charge >= 0.3 is 12.2 Å². The lowest BCUT2D eigenvalue weighted by molar-refractivity contribution is -0.339. The highest BCUT2D eigenvalue weighted by Gasteiger charge is 2.49. The number of ether oxygens (including phenoxy) is 8. The minimum atomic E-state index is -1.89. The Morgan fingerprint density at radius 3 is 1.71 bits per heavy atom. The quantitative estimate of drug-likeness (QED) is 0.0694. The fourth-order valence-electron chi connectivity index (χ4n) is 5.97. The maximum Gasteiger partial charge on any atom is 0.408 e. The molecule has 0 spiro atoms. The number of carbonyl (C=O) groups is 3. The topological polar surface area (TPSA) is 343 Å². The molecule has 15 atom stereocenters. The smallest absolute Gasteiger partial charge is 0.408 e. The Hall–Kier alpha value is -3.37. The number of rotatable bonds is 16. The largest absolute Gasteiger partial charge is 0.445 e. The number of aliphatic hydroxyl groups excluding tert-OH is 9. The van der Waals surface area contributed by atoms with Gasteiger partial charge in [0.25, 0.3) is 0 Å². The van der Waals surface area contributed by atoms with Gasteiger partial charge in [-0.25, -0.2) is 9.59 Å². The van der Waals surface area contributed by atoms with Crippen molar-refractivity contribution in [2.75, 3.05) is 39.5 Å². The van der Waals surface area contributed by atoms with E-state index in [1.54, 1.807) is 45.0 Å². The summed E-state index contributed by atoms with van der Waals surface area (Å²) in [6.45, 7) is 1.97. The Morgan fingerprint density at radius 1 is 0.655 bits per heavy atom. The molecule has 0 saturated carbocycles. The first-order valence-corrected chi connectivity index (χ1v) is 18.5. The molecule has 3 saturated heterocycles. The number of carbonyl (C=O) groups excluding carboxylic acids is 3. The second-order valence-electron chi connectivity index (χ2n) is 14.7. The normalized spacial score (nSPS) is 35.4. The van der Waals surface area contributed by atoms with E-state index in [0.717, 1.165) is 5.56 Å². The zero-order chi connectivity index (χ0) is 42.7. The van der Waals surface area contributed by atoms with Gasteiger partial charge in [-0.1, -0.05) is 30.3 Å². The zero-order valence-corrected chi connectivity index (χ0v) is 32.0. The van der Waals surface area contributed by atoms with Crippen LogP contribution in [0.25, 0.3) is 0 Å². The third-order valence-electron chi connectivity index (χ3n) is 9.06. The van der Waals surface area contributed by atoms with Crippen molar-refractivity contribution < 1.29 is 98.2 Å². The van der Waals surface area contributed by atoms with Gasteiger partial charge in [-0.05, 0) is 26.3 Å². The van der Waals surface area contributed by atoms with Crippen LogP contribution in [0.5, 0.6) is 0 Å². The van der Waals surface area contributed by atoms with Crippen LogP contribution in [0.4, 0.5) is 9.59 Å². The molecule has 3 amide bonds. The summed E-state index contributed by atoms with van der Waals surface area (Å²) in [7, 11) is 0. The van der Waals surface area contributed by atoms with Crippen LogP contribution in [0, 0.1) is 0 Å². The third-order valence-corrected chi connectivity index (χ3v) is 9.06. The Bertz CT molecular complexity index is 1440. The monoisotopic (exact) mass is 837 g/mol. The molecule has 3 heterocycles. The molecule has 1 aromatic rings. The maximum absolute atomic E-state index is 12.5. The van der Waals surface area contributed by atoms with E-state index in [1.807, 2.05) is 6.07 Å². The molecule has 0 bridgehead atoms. The van der Waals surface area contributed by atoms with E-state index < -0.39 is 142 Å². The lowest BCUT2D eigenvalue weighted by Gasteiger charge is -2.44. The molecule has 0 unspecified atom stereocenters. The molecule has 12 N–H and O–H groups in total. The van der Waals surface area contributed by atoms with Gasteiger partial charge < -0.3 is 99.8 Å². The van der Waals surface area contributed by atoms with Gasteiger partial charge in [-0.3, -0.25) is 4.79 Å². The molecule has 4 rings (SSSR count). The van der Waals surface area contributed by atoms with Gasteiger partial charge in [0.2, 0.25) is 5.91 Å². The highest BCUT2D eigenvalue weighted by atomic mass is 16.7. The van der Waals surface area contributed by atoms with E-state index in [2.05, 4.69) is 16.0 Å². The molecule has 3 aliphatic heterocycles. The number of nitrogens with one attached hydrogen (secondary N) is 3. The summed E-state index contributed by atoms with van der Waals surface area (Å²) >= 11 is 0. The van der Waals surface area contributed by atoms with Gasteiger partial charge in [0.05, 0.1) is 32.5 Å². The number of aliphatic hydroxyl groups is 9. The summed E-state index contributed by atoms with van der Waals surface area (Å²) in [5.41, 5.74) is -0.0545. The van der Waals surface area contributed by atoms with E-state index in [1.165, 1.54) is 0 Å². The molecular formula is C35H55N3O20. The lowest BCUT2D eigenvalue weighted by Crippen LogP contribution is -2.66. The molecule has 330 valence electrons. The number of amides is 3. The van der Waals surface area contributed by atoms with Crippen molar-refractivity contribution in [3.63, 3.8) is 0 Å². The summed E-state index contributed by atoms with van der Waals surface area (Å²) in [4.78, 5) is 36.3. The predicted octanol–water partition coefficient (Wildman–Crippen LogP) is -4.97. The van der Waals surface area contributed by atoms with Crippen LogP contribution in [0.3, 0.4) is 0 Å². The maximum atomic E-state index is 12.5. The fraction of sp³-hybridized carbons (Fsp3) is 0.743. The predicted molar refractivity (Wildman–Crippen MR) is 190 cm³/mol. The number of alkyl carbamates (subject to hydrolysis) is 2. The van der Waals surface area contributed by atoms with E-state index in [9.17, 15) is 60.3 Å². The minimum Gasteiger partial charge on any atom is -0.445 e. The Balaban J connectivity index is 1.25. The summed E-state index contributed by atoms with van der Waals surface area (Å²) in [6, 6.07) is 7.58. The number of benzene rings is 1. The van der Waals surface area contributed by atoms with Crippen molar-refractivity contribution in [1.29, 1.82) is 0 Å². The van der Waals surface area contributed by atoms with Crippen LogP contribution < -0.4 is 16.0 Å². The lowest BCUT2D eigenvalue weighted by atomic mass is 9.96. The van der Waals surface area contributed by atoms with Crippen LogP contribution >= 0.6 is 0 Å². The number of hydrogen-bond acceptors (Lipinski definition) is 20. The number of hydrogen-bond donors (Lipinski definition) is 12. The second-order valence-corrected chi connectivity index (χ2v) is 14.7. The van der Waals surface area contributed by atoms with Crippen LogP contribution in [-0.4, -0.2) is 201 Å². The Morgan fingerprint density at radius 2 is 1.17 bits per heavy atom. The van der Waals surface area contributed by atoms with E-state index in [0.29, 0.717) is 0 Å². The summed E-state index contributed by atoms with van der Waals surface area (Å²) in [6.07, 6.45) is -25.1. The molecule has 0 aromatic heterocycles. The van der Waals surface area contributed by atoms with Gasteiger partial charge in [0.1, 0.15) is 85.9 Å². The fourth-order valence-corrected chi connectivity index (χ4v) is 5.97. The van der Waals surface area contributed by atoms with E-state index in [4.69, 9.17) is 37.9 Å². The SMILES string of the molecule is CC(C)(C)OC(=O)NCC(=O)N[C@H]1[C@H](O)[C@@H](O)[C@H](OC[C@H]2O[C@H](OC[C@H]3O[C@H](OCCNC(=O)OCc4ccccc4)[C@@H](O)[C@@H](O)[C@@H]3O)[C@@H](O)[C@@H](O)[C@@H]2O)O[C@@H]1CO. The van der Waals surface area contributed by atoms with Gasteiger partial charge in [-0.15, -0.1) is 0 Å². The molecule has 3 aliphatic rings. The van der Waals surface area contributed by atoms with Crippen molar-refractivity contribution in [3.8, 4) is 0 Å². The molecule has 3 fully saturated rings. The van der Waals surface area contributed by atoms with Gasteiger partial charge in [0, 0.05) is 6.54 Å². The molecule has 23 nitrogen and oxygen atoms in total. The molecule has 58 heavy (non-hydrogen) atoms. The first-order chi connectivity index (χ1) is 27.4. The van der Waals surface area contributed by atoms with Crippen LogP contribution in [0.2, 0.25) is 0 Å².